The van der Waals surface area contributed by atoms with E-state index in [1.807, 2.05) is 6.92 Å². The lowest BCUT2D eigenvalue weighted by atomic mass is 9.94. The molecule has 198 valence electrons. The monoisotopic (exact) mass is 523 g/mol. The third-order valence-corrected chi connectivity index (χ3v) is 6.02. The van der Waals surface area contributed by atoms with Gasteiger partial charge in [0.2, 0.25) is 0 Å². The number of rotatable bonds is 9. The molecule has 7 nitrogen and oxygen atoms in total. The lowest BCUT2D eigenvalue weighted by Gasteiger charge is -2.26. The molecule has 38 heavy (non-hydrogen) atoms. The van der Waals surface area contributed by atoms with Gasteiger partial charge in [-0.1, -0.05) is 13.0 Å². The van der Waals surface area contributed by atoms with Gasteiger partial charge in [-0.05, 0) is 67.4 Å². The van der Waals surface area contributed by atoms with Crippen LogP contribution in [0.5, 0.6) is 17.2 Å². The van der Waals surface area contributed by atoms with Crippen LogP contribution in [0.2, 0.25) is 0 Å². The standard InChI is InChI=1S/C29H27F2NO6/c1-4-14-38-20-10-6-17(7-11-20)27(33)25-26(18-8-13-23(36-3)24(15-18)37-5-2)32(29(35)28(25)34)22-16-19(30)9-12-21(22)31/h6-13,15-16,26,33H,4-5,14H2,1-3H3/b27-25+. The molecule has 0 aromatic heterocycles. The number of carbonyl (C=O) groups excluding carboxylic acids is 2. The van der Waals surface area contributed by atoms with Crippen molar-refractivity contribution >= 4 is 23.1 Å². The largest absolute Gasteiger partial charge is 0.507 e. The molecule has 1 amide bonds. The first kappa shape index (κ1) is 26.7. The number of hydrogen-bond acceptors (Lipinski definition) is 6. The van der Waals surface area contributed by atoms with Crippen LogP contribution in [-0.4, -0.2) is 37.1 Å². The molecule has 3 aromatic carbocycles. The number of aliphatic hydroxyl groups is 1. The molecular weight excluding hydrogens is 496 g/mol. The maximum atomic E-state index is 14.9. The van der Waals surface area contributed by atoms with Crippen molar-refractivity contribution in [2.75, 3.05) is 25.2 Å². The molecule has 3 aromatic rings. The van der Waals surface area contributed by atoms with Gasteiger partial charge in [0.15, 0.2) is 11.5 Å². The highest BCUT2D eigenvalue weighted by Gasteiger charge is 2.48. The van der Waals surface area contributed by atoms with Gasteiger partial charge < -0.3 is 19.3 Å². The Balaban J connectivity index is 1.92. The molecular formula is C29H27F2NO6. The van der Waals surface area contributed by atoms with Crippen molar-refractivity contribution in [3.8, 4) is 17.2 Å². The molecule has 0 bridgehead atoms. The van der Waals surface area contributed by atoms with Gasteiger partial charge in [0.1, 0.15) is 23.1 Å². The molecule has 1 aliphatic rings. The van der Waals surface area contributed by atoms with Crippen LogP contribution in [0.3, 0.4) is 0 Å². The van der Waals surface area contributed by atoms with Crippen molar-refractivity contribution in [2.24, 2.45) is 0 Å². The molecule has 1 fully saturated rings. The van der Waals surface area contributed by atoms with Crippen molar-refractivity contribution in [3.05, 3.63) is 89.0 Å². The number of hydrogen-bond donors (Lipinski definition) is 1. The van der Waals surface area contributed by atoms with Crippen LogP contribution in [0, 0.1) is 11.6 Å². The van der Waals surface area contributed by atoms with Crippen molar-refractivity contribution in [1.29, 1.82) is 0 Å². The third kappa shape index (κ3) is 5.04. The van der Waals surface area contributed by atoms with E-state index in [1.165, 1.54) is 13.2 Å². The van der Waals surface area contributed by atoms with Gasteiger partial charge in [-0.2, -0.15) is 0 Å². The van der Waals surface area contributed by atoms with Crippen molar-refractivity contribution < 1.29 is 37.7 Å². The number of anilines is 1. The van der Waals surface area contributed by atoms with E-state index in [4.69, 9.17) is 14.2 Å². The fourth-order valence-electron chi connectivity index (χ4n) is 4.28. The lowest BCUT2D eigenvalue weighted by Crippen LogP contribution is -2.30. The topological polar surface area (TPSA) is 85.3 Å². The molecule has 4 rings (SSSR count). The zero-order chi connectivity index (χ0) is 27.4. The number of halogens is 2. The van der Waals surface area contributed by atoms with Gasteiger partial charge in [-0.15, -0.1) is 0 Å². The number of ether oxygens (including phenoxy) is 3. The summed E-state index contributed by atoms with van der Waals surface area (Å²) in [6, 6.07) is 12.4. The zero-order valence-corrected chi connectivity index (χ0v) is 21.2. The van der Waals surface area contributed by atoms with Crippen LogP contribution in [-0.2, 0) is 9.59 Å². The fraction of sp³-hybridized carbons (Fsp3) is 0.241. The number of aliphatic hydroxyl groups excluding tert-OH is 1. The average Bonchev–Trinajstić information content (AvgIpc) is 3.18. The minimum absolute atomic E-state index is 0.245. The number of ketones is 1. The molecule has 0 spiro atoms. The van der Waals surface area contributed by atoms with Gasteiger partial charge in [0, 0.05) is 11.6 Å². The number of Topliss-reactive ketones (excluding diaryl/α,β-unsaturated/α-hetero) is 1. The molecule has 1 aliphatic heterocycles. The van der Waals surface area contributed by atoms with Gasteiger partial charge in [0.05, 0.1) is 37.6 Å². The average molecular weight is 524 g/mol. The van der Waals surface area contributed by atoms with Crippen molar-refractivity contribution in [3.63, 3.8) is 0 Å². The minimum Gasteiger partial charge on any atom is -0.507 e. The zero-order valence-electron chi connectivity index (χ0n) is 21.2. The Kier molecular flexibility index (Phi) is 7.95. The van der Waals surface area contributed by atoms with E-state index in [1.54, 1.807) is 43.3 Å². The highest BCUT2D eigenvalue weighted by Crippen LogP contribution is 2.45. The Labute approximate surface area is 218 Å². The van der Waals surface area contributed by atoms with Crippen LogP contribution < -0.4 is 19.1 Å². The first-order valence-corrected chi connectivity index (χ1v) is 12.1. The molecule has 9 heteroatoms. The van der Waals surface area contributed by atoms with Crippen molar-refractivity contribution in [1.82, 2.24) is 0 Å². The summed E-state index contributed by atoms with van der Waals surface area (Å²) >= 11 is 0. The molecule has 1 saturated heterocycles. The maximum absolute atomic E-state index is 14.9. The van der Waals surface area contributed by atoms with E-state index < -0.39 is 40.8 Å². The highest BCUT2D eigenvalue weighted by atomic mass is 19.1. The number of benzene rings is 3. The smallest absolute Gasteiger partial charge is 0.300 e. The molecule has 1 N–H and O–H groups in total. The van der Waals surface area contributed by atoms with Crippen LogP contribution in [0.1, 0.15) is 37.4 Å². The highest BCUT2D eigenvalue weighted by molar-refractivity contribution is 6.51. The SMILES string of the molecule is CCCOc1ccc(/C(O)=C2\C(=O)C(=O)N(c3cc(F)ccc3F)C2c2ccc(OC)c(OCC)c2)cc1. The van der Waals surface area contributed by atoms with E-state index in [0.717, 1.165) is 29.5 Å². The van der Waals surface area contributed by atoms with Crippen molar-refractivity contribution in [2.45, 2.75) is 26.3 Å². The summed E-state index contributed by atoms with van der Waals surface area (Å²) in [6.07, 6.45) is 0.813. The van der Waals surface area contributed by atoms with Gasteiger partial charge in [-0.25, -0.2) is 8.78 Å². The summed E-state index contributed by atoms with van der Waals surface area (Å²) < 4.78 is 45.6. The second-order valence-corrected chi connectivity index (χ2v) is 8.48. The number of methoxy groups -OCH3 is 1. The van der Waals surface area contributed by atoms with Crippen LogP contribution >= 0.6 is 0 Å². The molecule has 1 heterocycles. The Morgan fingerprint density at radius 2 is 1.68 bits per heavy atom. The van der Waals surface area contributed by atoms with Crippen LogP contribution in [0.15, 0.2) is 66.2 Å². The molecule has 0 saturated carbocycles. The summed E-state index contributed by atoms with van der Waals surface area (Å²) in [4.78, 5) is 27.4. The first-order chi connectivity index (χ1) is 18.3. The Morgan fingerprint density at radius 3 is 2.34 bits per heavy atom. The van der Waals surface area contributed by atoms with E-state index >= 15 is 0 Å². The van der Waals surface area contributed by atoms with Gasteiger partial charge in [0.25, 0.3) is 11.7 Å². The lowest BCUT2D eigenvalue weighted by molar-refractivity contribution is -0.132. The van der Waals surface area contributed by atoms with Gasteiger partial charge in [-0.3, -0.25) is 14.5 Å². The summed E-state index contributed by atoms with van der Waals surface area (Å²) in [5.41, 5.74) is -0.154. The quantitative estimate of drug-likeness (QED) is 0.217. The normalized spacial score (nSPS) is 16.6. The van der Waals surface area contributed by atoms with Crippen LogP contribution in [0.4, 0.5) is 14.5 Å². The minimum atomic E-state index is -1.28. The summed E-state index contributed by atoms with van der Waals surface area (Å²) in [5.74, 6) is -3.05. The molecule has 1 unspecified atom stereocenters. The summed E-state index contributed by atoms with van der Waals surface area (Å²) in [6.45, 7) is 4.55. The first-order valence-electron chi connectivity index (χ1n) is 12.1. The Morgan fingerprint density at radius 1 is 0.947 bits per heavy atom. The molecule has 0 radical (unpaired) electrons. The second kappa shape index (κ2) is 11.3. The van der Waals surface area contributed by atoms with E-state index in [-0.39, 0.29) is 11.1 Å². The summed E-state index contributed by atoms with van der Waals surface area (Å²) in [7, 11) is 1.46. The predicted molar refractivity (Wildman–Crippen MR) is 138 cm³/mol. The van der Waals surface area contributed by atoms with E-state index in [9.17, 15) is 23.5 Å². The molecule has 1 atom stereocenters. The third-order valence-electron chi connectivity index (χ3n) is 6.02. The molecule has 0 aliphatic carbocycles. The van der Waals surface area contributed by atoms with Crippen LogP contribution in [0.25, 0.3) is 5.76 Å². The predicted octanol–water partition coefficient (Wildman–Crippen LogP) is 5.79. The maximum Gasteiger partial charge on any atom is 0.300 e. The number of nitrogens with zero attached hydrogens (tertiary/aromatic N) is 1. The van der Waals surface area contributed by atoms with Gasteiger partial charge >= 0.3 is 0 Å². The van der Waals surface area contributed by atoms with E-state index in [0.29, 0.717) is 36.0 Å². The Bertz CT molecular complexity index is 1390. The fourth-order valence-corrected chi connectivity index (χ4v) is 4.28. The summed E-state index contributed by atoms with van der Waals surface area (Å²) in [5, 5.41) is 11.3. The number of carbonyl (C=O) groups is 2. The number of amides is 1. The second-order valence-electron chi connectivity index (χ2n) is 8.48. The Hall–Kier alpha value is -4.40. The van der Waals surface area contributed by atoms with E-state index in [2.05, 4.69) is 0 Å².